The second kappa shape index (κ2) is 7.12. The molecule has 0 bridgehead atoms. The molecule has 1 fully saturated rings. The highest BCUT2D eigenvalue weighted by Gasteiger charge is 2.21. The van der Waals surface area contributed by atoms with E-state index in [4.69, 9.17) is 4.98 Å². The SMILES string of the molecule is Cc1cn2cc(C3=Cc4ccc(N5CCN[C@@H](C)C5)cc4C(=O)CC3)nc2cn1. The number of allylic oxidation sites excluding steroid dienone is 1. The highest BCUT2D eigenvalue weighted by atomic mass is 16.1. The van der Waals surface area contributed by atoms with E-state index in [-0.39, 0.29) is 5.78 Å². The van der Waals surface area contributed by atoms with Gasteiger partial charge in [-0.15, -0.1) is 0 Å². The van der Waals surface area contributed by atoms with Gasteiger partial charge in [0, 0.05) is 55.7 Å². The van der Waals surface area contributed by atoms with Gasteiger partial charge in [-0.2, -0.15) is 0 Å². The lowest BCUT2D eigenvalue weighted by Gasteiger charge is -2.34. The van der Waals surface area contributed by atoms with Crippen molar-refractivity contribution in [3.8, 4) is 0 Å². The van der Waals surface area contributed by atoms with Crippen molar-refractivity contribution in [1.29, 1.82) is 0 Å². The first-order chi connectivity index (χ1) is 14.1. The van der Waals surface area contributed by atoms with Crippen molar-refractivity contribution in [3.05, 3.63) is 59.3 Å². The van der Waals surface area contributed by atoms with E-state index in [1.165, 1.54) is 0 Å². The maximum atomic E-state index is 12.9. The third kappa shape index (κ3) is 3.44. The molecule has 29 heavy (non-hydrogen) atoms. The van der Waals surface area contributed by atoms with Crippen LogP contribution in [0, 0.1) is 6.92 Å². The zero-order chi connectivity index (χ0) is 20.0. The number of carbonyl (C=O) groups excluding carboxylic acids is 1. The fraction of sp³-hybridized carbons (Fsp3) is 0.348. The Kier molecular flexibility index (Phi) is 4.43. The van der Waals surface area contributed by atoms with Crippen LogP contribution in [0.1, 0.15) is 47.1 Å². The van der Waals surface area contributed by atoms with Crippen LogP contribution in [0.2, 0.25) is 0 Å². The molecule has 0 radical (unpaired) electrons. The summed E-state index contributed by atoms with van der Waals surface area (Å²) < 4.78 is 2.00. The van der Waals surface area contributed by atoms with Gasteiger partial charge in [-0.05, 0) is 49.6 Å². The number of aryl methyl sites for hydroxylation is 1. The Morgan fingerprint density at radius 1 is 1.21 bits per heavy atom. The first-order valence-corrected chi connectivity index (χ1v) is 10.2. The van der Waals surface area contributed by atoms with Crippen molar-refractivity contribution in [2.75, 3.05) is 24.5 Å². The summed E-state index contributed by atoms with van der Waals surface area (Å²) in [6.45, 7) is 7.06. The highest BCUT2D eigenvalue weighted by molar-refractivity contribution is 6.04. The number of nitrogens with one attached hydrogen (secondary N) is 1. The molecule has 6 heteroatoms. The molecule has 1 N–H and O–H groups in total. The van der Waals surface area contributed by atoms with Gasteiger partial charge in [0.1, 0.15) is 0 Å². The van der Waals surface area contributed by atoms with Gasteiger partial charge in [0.05, 0.1) is 17.6 Å². The number of carbonyl (C=O) groups is 1. The Balaban J connectivity index is 1.51. The quantitative estimate of drug-likeness (QED) is 0.731. The van der Waals surface area contributed by atoms with Crippen LogP contribution in [0.3, 0.4) is 0 Å². The summed E-state index contributed by atoms with van der Waals surface area (Å²) in [6.07, 6.45) is 9.13. The van der Waals surface area contributed by atoms with Crippen LogP contribution in [0.5, 0.6) is 0 Å². The van der Waals surface area contributed by atoms with E-state index in [1.807, 2.05) is 23.7 Å². The van der Waals surface area contributed by atoms with Crippen molar-refractivity contribution in [2.24, 2.45) is 0 Å². The topological polar surface area (TPSA) is 62.5 Å². The number of imidazole rings is 1. The molecule has 0 spiro atoms. The third-order valence-electron chi connectivity index (χ3n) is 5.82. The Labute approximate surface area is 170 Å². The molecule has 3 aromatic rings. The Morgan fingerprint density at radius 3 is 2.97 bits per heavy atom. The van der Waals surface area contributed by atoms with Gasteiger partial charge in [-0.1, -0.05) is 6.07 Å². The van der Waals surface area contributed by atoms with Gasteiger partial charge >= 0.3 is 0 Å². The first-order valence-electron chi connectivity index (χ1n) is 10.2. The zero-order valence-corrected chi connectivity index (χ0v) is 16.9. The van der Waals surface area contributed by atoms with E-state index in [1.54, 1.807) is 6.20 Å². The normalized spacial score (nSPS) is 19.8. The lowest BCUT2D eigenvalue weighted by atomic mass is 10.0. The highest BCUT2D eigenvalue weighted by Crippen LogP contribution is 2.31. The van der Waals surface area contributed by atoms with Crippen LogP contribution < -0.4 is 10.2 Å². The molecule has 3 heterocycles. The minimum absolute atomic E-state index is 0.206. The fourth-order valence-corrected chi connectivity index (χ4v) is 4.28. The summed E-state index contributed by atoms with van der Waals surface area (Å²) in [5, 5.41) is 3.47. The number of hydrogen-bond acceptors (Lipinski definition) is 5. The van der Waals surface area contributed by atoms with Crippen molar-refractivity contribution in [1.82, 2.24) is 19.7 Å². The first kappa shape index (κ1) is 18.1. The maximum absolute atomic E-state index is 12.9. The van der Waals surface area contributed by atoms with Gasteiger partial charge in [-0.3, -0.25) is 9.78 Å². The number of rotatable bonds is 2. The average molecular weight is 387 g/mol. The molecule has 1 aliphatic heterocycles. The number of nitrogens with zero attached hydrogens (tertiary/aromatic N) is 4. The summed E-state index contributed by atoms with van der Waals surface area (Å²) in [5.74, 6) is 0.206. The van der Waals surface area contributed by atoms with Gasteiger partial charge in [0.15, 0.2) is 11.4 Å². The number of benzene rings is 1. The second-order valence-electron chi connectivity index (χ2n) is 8.09. The van der Waals surface area contributed by atoms with Gasteiger partial charge in [0.2, 0.25) is 0 Å². The van der Waals surface area contributed by atoms with Crippen molar-refractivity contribution < 1.29 is 4.79 Å². The molecule has 0 unspecified atom stereocenters. The number of anilines is 1. The summed E-state index contributed by atoms with van der Waals surface area (Å²) in [7, 11) is 0. The minimum Gasteiger partial charge on any atom is -0.369 e. The minimum atomic E-state index is 0.206. The zero-order valence-electron chi connectivity index (χ0n) is 16.9. The van der Waals surface area contributed by atoms with Crippen LogP contribution in [0.25, 0.3) is 17.3 Å². The Hall–Kier alpha value is -2.99. The van der Waals surface area contributed by atoms with E-state index in [0.717, 1.165) is 59.1 Å². The molecule has 148 valence electrons. The van der Waals surface area contributed by atoms with Crippen LogP contribution >= 0.6 is 0 Å². The molecule has 1 atom stereocenters. The molecule has 5 rings (SSSR count). The van der Waals surface area contributed by atoms with E-state index < -0.39 is 0 Å². The van der Waals surface area contributed by atoms with E-state index in [0.29, 0.717) is 18.9 Å². The van der Waals surface area contributed by atoms with Crippen molar-refractivity contribution in [3.63, 3.8) is 0 Å². The molecule has 1 aliphatic carbocycles. The Morgan fingerprint density at radius 2 is 2.10 bits per heavy atom. The van der Waals surface area contributed by atoms with E-state index in [9.17, 15) is 4.79 Å². The number of hydrogen-bond donors (Lipinski definition) is 1. The largest absolute Gasteiger partial charge is 0.369 e. The van der Waals surface area contributed by atoms with Gasteiger partial charge in [-0.25, -0.2) is 4.98 Å². The molecular formula is C23H25N5O. The predicted molar refractivity (Wildman–Crippen MR) is 115 cm³/mol. The standard InChI is InChI=1S/C23H25N5O/c1-15-12-27(8-7-24-15)19-5-3-17-9-18(4-6-22(29)20(17)10-19)21-14-28-13-16(2)25-11-23(28)26-21/h3,5,9-11,13-15,24H,4,6-8,12H2,1-2H3/t15-/m0/s1. The smallest absolute Gasteiger partial charge is 0.163 e. The van der Waals surface area contributed by atoms with Gasteiger partial charge in [0.25, 0.3) is 0 Å². The molecule has 2 aliphatic rings. The monoisotopic (exact) mass is 387 g/mol. The summed E-state index contributed by atoms with van der Waals surface area (Å²) in [5.41, 5.74) is 6.74. The lowest BCUT2D eigenvalue weighted by Crippen LogP contribution is -2.49. The molecular weight excluding hydrogens is 362 g/mol. The molecule has 1 saturated heterocycles. The number of aromatic nitrogens is 3. The Bertz CT molecular complexity index is 1130. The lowest BCUT2D eigenvalue weighted by molar-refractivity contribution is 0.0985. The molecule has 0 saturated carbocycles. The molecule has 1 aromatic carbocycles. The van der Waals surface area contributed by atoms with Crippen molar-refractivity contribution in [2.45, 2.75) is 32.7 Å². The number of ketones is 1. The average Bonchev–Trinajstić information content (AvgIpc) is 3.06. The van der Waals surface area contributed by atoms with E-state index >= 15 is 0 Å². The number of piperazine rings is 1. The fourth-order valence-electron chi connectivity index (χ4n) is 4.28. The molecule has 6 nitrogen and oxygen atoms in total. The van der Waals surface area contributed by atoms with Crippen LogP contribution in [0.4, 0.5) is 5.69 Å². The number of Topliss-reactive ketones (excluding diaryl/α,β-unsaturated/α-hetero) is 1. The van der Waals surface area contributed by atoms with Crippen molar-refractivity contribution >= 4 is 28.8 Å². The number of fused-ring (bicyclic) bond motifs is 2. The second-order valence-corrected chi connectivity index (χ2v) is 8.09. The summed E-state index contributed by atoms with van der Waals surface area (Å²) >= 11 is 0. The molecule has 2 aromatic heterocycles. The van der Waals surface area contributed by atoms with Crippen LogP contribution in [-0.2, 0) is 0 Å². The summed E-state index contributed by atoms with van der Waals surface area (Å²) in [6, 6.07) is 6.76. The third-order valence-corrected chi connectivity index (χ3v) is 5.82. The maximum Gasteiger partial charge on any atom is 0.163 e. The molecule has 0 amide bonds. The van der Waals surface area contributed by atoms with Crippen LogP contribution in [0.15, 0.2) is 36.8 Å². The van der Waals surface area contributed by atoms with E-state index in [2.05, 4.69) is 46.4 Å². The van der Waals surface area contributed by atoms with Gasteiger partial charge < -0.3 is 14.6 Å². The van der Waals surface area contributed by atoms with Crippen LogP contribution in [-0.4, -0.2) is 45.8 Å². The summed E-state index contributed by atoms with van der Waals surface area (Å²) in [4.78, 5) is 24.3. The predicted octanol–water partition coefficient (Wildman–Crippen LogP) is 3.35.